The topological polar surface area (TPSA) is 50.1 Å². The smallest absolute Gasteiger partial charge is 0.168 e. The van der Waals surface area contributed by atoms with Crippen LogP contribution in [0.25, 0.3) is 0 Å². The van der Waals surface area contributed by atoms with Gasteiger partial charge in [-0.15, -0.1) is 0 Å². The summed E-state index contributed by atoms with van der Waals surface area (Å²) in [7, 11) is 1.95. The predicted octanol–water partition coefficient (Wildman–Crippen LogP) is 1.10. The van der Waals surface area contributed by atoms with Crippen LogP contribution in [-0.2, 0) is 6.42 Å². The number of thiocarbonyl (C=S) groups is 1. The summed E-state index contributed by atoms with van der Waals surface area (Å²) in [5.41, 5.74) is 7.59. The highest BCUT2D eigenvalue weighted by atomic mass is 32.1. The fraction of sp³-hybridized carbons (Fsp3) is 0.300. The van der Waals surface area contributed by atoms with Gasteiger partial charge >= 0.3 is 0 Å². The lowest BCUT2D eigenvalue weighted by molar-refractivity contribution is 0.792. The van der Waals surface area contributed by atoms with Gasteiger partial charge in [0.25, 0.3) is 0 Å². The number of nitrogens with one attached hydrogen (secondary N) is 2. The SMILES string of the molecule is CNCCc1ccc(NC(N)=S)cc1. The second-order valence-electron chi connectivity index (χ2n) is 3.04. The maximum Gasteiger partial charge on any atom is 0.168 e. The molecule has 0 aliphatic heterocycles. The normalized spacial score (nSPS) is 9.79. The molecule has 0 aliphatic carbocycles. The van der Waals surface area contributed by atoms with Crippen molar-refractivity contribution in [1.29, 1.82) is 0 Å². The van der Waals surface area contributed by atoms with E-state index in [0.29, 0.717) is 5.11 Å². The molecule has 0 saturated carbocycles. The van der Waals surface area contributed by atoms with E-state index in [1.807, 2.05) is 19.2 Å². The van der Waals surface area contributed by atoms with E-state index in [9.17, 15) is 0 Å². The number of anilines is 1. The Bertz CT molecular complexity index is 295. The first-order valence-electron chi connectivity index (χ1n) is 4.52. The van der Waals surface area contributed by atoms with E-state index < -0.39 is 0 Å². The Morgan fingerprint density at radius 3 is 2.50 bits per heavy atom. The molecule has 14 heavy (non-hydrogen) atoms. The fourth-order valence-corrected chi connectivity index (χ4v) is 1.28. The van der Waals surface area contributed by atoms with Crippen LogP contribution in [0.5, 0.6) is 0 Å². The fourth-order valence-electron chi connectivity index (χ4n) is 1.17. The molecule has 0 aromatic heterocycles. The molecule has 0 spiro atoms. The largest absolute Gasteiger partial charge is 0.376 e. The summed E-state index contributed by atoms with van der Waals surface area (Å²) in [4.78, 5) is 0. The maximum absolute atomic E-state index is 5.35. The van der Waals surface area contributed by atoms with Crippen molar-refractivity contribution < 1.29 is 0 Å². The lowest BCUT2D eigenvalue weighted by Gasteiger charge is -2.05. The summed E-state index contributed by atoms with van der Waals surface area (Å²) < 4.78 is 0. The van der Waals surface area contributed by atoms with E-state index in [1.54, 1.807) is 0 Å². The Morgan fingerprint density at radius 2 is 2.00 bits per heavy atom. The zero-order valence-corrected chi connectivity index (χ0v) is 9.03. The molecule has 4 N–H and O–H groups in total. The number of rotatable bonds is 4. The molecule has 1 aromatic carbocycles. The first-order chi connectivity index (χ1) is 6.72. The monoisotopic (exact) mass is 209 g/mol. The van der Waals surface area contributed by atoms with Gasteiger partial charge in [-0.3, -0.25) is 0 Å². The van der Waals surface area contributed by atoms with Crippen molar-refractivity contribution in [2.45, 2.75) is 6.42 Å². The summed E-state index contributed by atoms with van der Waals surface area (Å²) in [6, 6.07) is 8.09. The van der Waals surface area contributed by atoms with Gasteiger partial charge in [0.2, 0.25) is 0 Å². The Balaban J connectivity index is 2.54. The lowest BCUT2D eigenvalue weighted by atomic mass is 10.1. The molecule has 1 aromatic rings. The molecule has 0 amide bonds. The number of benzene rings is 1. The van der Waals surface area contributed by atoms with Crippen molar-refractivity contribution >= 4 is 23.0 Å². The first-order valence-corrected chi connectivity index (χ1v) is 4.93. The molecule has 0 bridgehead atoms. The highest BCUT2D eigenvalue weighted by Gasteiger charge is 1.94. The van der Waals surface area contributed by atoms with Gasteiger partial charge in [-0.05, 0) is 49.9 Å². The Kier molecular flexibility index (Phi) is 4.35. The van der Waals surface area contributed by atoms with Gasteiger partial charge in [-0.1, -0.05) is 12.1 Å². The van der Waals surface area contributed by atoms with E-state index in [-0.39, 0.29) is 0 Å². The van der Waals surface area contributed by atoms with Gasteiger partial charge in [0.15, 0.2) is 5.11 Å². The molecule has 4 heteroatoms. The molecule has 76 valence electrons. The van der Waals surface area contributed by atoms with Gasteiger partial charge < -0.3 is 16.4 Å². The molecule has 0 unspecified atom stereocenters. The van der Waals surface area contributed by atoms with Crippen LogP contribution in [0.4, 0.5) is 5.69 Å². The van der Waals surface area contributed by atoms with Gasteiger partial charge in [0.05, 0.1) is 0 Å². The van der Waals surface area contributed by atoms with Crippen molar-refractivity contribution in [3.8, 4) is 0 Å². The molecule has 0 heterocycles. The summed E-state index contributed by atoms with van der Waals surface area (Å²) in [6.45, 7) is 0.988. The Morgan fingerprint density at radius 1 is 1.36 bits per heavy atom. The second kappa shape index (κ2) is 5.57. The van der Waals surface area contributed by atoms with Crippen LogP contribution in [0, 0.1) is 0 Å². The van der Waals surface area contributed by atoms with Crippen molar-refractivity contribution in [3.63, 3.8) is 0 Å². The van der Waals surface area contributed by atoms with Crippen LogP contribution >= 0.6 is 12.2 Å². The average molecular weight is 209 g/mol. The highest BCUT2D eigenvalue weighted by molar-refractivity contribution is 7.80. The van der Waals surface area contributed by atoms with E-state index >= 15 is 0 Å². The van der Waals surface area contributed by atoms with Crippen molar-refractivity contribution in [3.05, 3.63) is 29.8 Å². The summed E-state index contributed by atoms with van der Waals surface area (Å²) in [5, 5.41) is 6.29. The van der Waals surface area contributed by atoms with Crippen molar-refractivity contribution in [2.24, 2.45) is 5.73 Å². The molecule has 0 atom stereocenters. The van der Waals surface area contributed by atoms with Crippen LogP contribution in [0.1, 0.15) is 5.56 Å². The third kappa shape index (κ3) is 3.72. The highest BCUT2D eigenvalue weighted by Crippen LogP contribution is 2.09. The number of likely N-dealkylation sites (N-methyl/N-ethyl adjacent to an activating group) is 1. The van der Waals surface area contributed by atoms with Crippen molar-refractivity contribution in [1.82, 2.24) is 5.32 Å². The zero-order chi connectivity index (χ0) is 10.4. The zero-order valence-electron chi connectivity index (χ0n) is 8.21. The molecule has 0 saturated heterocycles. The lowest BCUT2D eigenvalue weighted by Crippen LogP contribution is -2.18. The second-order valence-corrected chi connectivity index (χ2v) is 3.48. The summed E-state index contributed by atoms with van der Waals surface area (Å²) in [6.07, 6.45) is 1.03. The summed E-state index contributed by atoms with van der Waals surface area (Å²) in [5.74, 6) is 0. The Hall–Kier alpha value is -1.13. The van der Waals surface area contributed by atoms with E-state index in [2.05, 4.69) is 22.8 Å². The van der Waals surface area contributed by atoms with E-state index in [0.717, 1.165) is 18.7 Å². The number of hydrogen-bond acceptors (Lipinski definition) is 2. The van der Waals surface area contributed by atoms with Crippen LogP contribution in [0.15, 0.2) is 24.3 Å². The number of hydrogen-bond donors (Lipinski definition) is 3. The van der Waals surface area contributed by atoms with Crippen LogP contribution in [0.3, 0.4) is 0 Å². The third-order valence-electron chi connectivity index (χ3n) is 1.89. The van der Waals surface area contributed by atoms with Gasteiger partial charge in [-0.2, -0.15) is 0 Å². The average Bonchev–Trinajstić information content (AvgIpc) is 2.16. The Labute approximate surface area is 89.7 Å². The van der Waals surface area contributed by atoms with Crippen LogP contribution in [-0.4, -0.2) is 18.7 Å². The van der Waals surface area contributed by atoms with Crippen LogP contribution in [0.2, 0.25) is 0 Å². The predicted molar refractivity (Wildman–Crippen MR) is 64.5 cm³/mol. The maximum atomic E-state index is 5.35. The third-order valence-corrected chi connectivity index (χ3v) is 1.99. The molecular formula is C10H15N3S. The molecular weight excluding hydrogens is 194 g/mol. The minimum atomic E-state index is 0.299. The van der Waals surface area contributed by atoms with Crippen LogP contribution < -0.4 is 16.4 Å². The summed E-state index contributed by atoms with van der Waals surface area (Å²) >= 11 is 4.74. The van der Waals surface area contributed by atoms with Gasteiger partial charge in [0, 0.05) is 5.69 Å². The molecule has 0 aliphatic rings. The van der Waals surface area contributed by atoms with Gasteiger partial charge in [0.1, 0.15) is 0 Å². The number of nitrogens with two attached hydrogens (primary N) is 1. The standard InChI is InChI=1S/C10H15N3S/c1-12-7-6-8-2-4-9(5-3-8)13-10(11)14/h2-5,12H,6-7H2,1H3,(H3,11,13,14). The van der Waals surface area contributed by atoms with Crippen molar-refractivity contribution in [2.75, 3.05) is 18.9 Å². The van der Waals surface area contributed by atoms with E-state index in [1.165, 1.54) is 5.56 Å². The molecule has 0 fully saturated rings. The minimum Gasteiger partial charge on any atom is -0.376 e. The molecule has 3 nitrogen and oxygen atoms in total. The van der Waals surface area contributed by atoms with Gasteiger partial charge in [-0.25, -0.2) is 0 Å². The first kappa shape index (κ1) is 10.9. The van der Waals surface area contributed by atoms with E-state index in [4.69, 9.17) is 18.0 Å². The molecule has 0 radical (unpaired) electrons. The molecule has 1 rings (SSSR count). The minimum absolute atomic E-state index is 0.299. The quantitative estimate of drug-likeness (QED) is 0.650.